The molecule has 0 heterocycles. The number of hydrogen-bond donors (Lipinski definition) is 1. The van der Waals surface area contributed by atoms with E-state index in [9.17, 15) is 14.3 Å². The maximum atomic E-state index is 13.1. The number of carbonyl (C=O) groups excluding carboxylic acids is 1. The van der Waals surface area contributed by atoms with E-state index in [1.807, 2.05) is 0 Å². The summed E-state index contributed by atoms with van der Waals surface area (Å²) >= 11 is 0. The first-order chi connectivity index (χ1) is 7.65. The molecule has 1 aromatic carbocycles. The summed E-state index contributed by atoms with van der Waals surface area (Å²) in [6.07, 6.45) is -0.123. The normalized spacial score (nSPS) is 9.12. The molecule has 16 heavy (non-hydrogen) atoms. The Morgan fingerprint density at radius 2 is 2.31 bits per heavy atom. The second-order valence-electron chi connectivity index (χ2n) is 2.92. The number of carbonyl (C=O) groups is 1. The Morgan fingerprint density at radius 1 is 1.56 bits per heavy atom. The van der Waals surface area contributed by atoms with Gasteiger partial charge in [-0.2, -0.15) is 0 Å². The van der Waals surface area contributed by atoms with Crippen molar-refractivity contribution < 1.29 is 19.0 Å². The van der Waals surface area contributed by atoms with Gasteiger partial charge in [0.15, 0.2) is 0 Å². The van der Waals surface area contributed by atoms with E-state index in [2.05, 4.69) is 16.6 Å². The summed E-state index contributed by atoms with van der Waals surface area (Å²) in [5.41, 5.74) is -0.105. The molecule has 0 aliphatic rings. The molecule has 4 heteroatoms. The number of phenols is 1. The Kier molecular flexibility index (Phi) is 4.34. The molecular weight excluding hydrogens is 211 g/mol. The van der Waals surface area contributed by atoms with Crippen LogP contribution in [0.4, 0.5) is 4.39 Å². The first-order valence-corrected chi connectivity index (χ1v) is 4.77. The minimum absolute atomic E-state index is 0.105. The molecular formula is C12H11FO3. The minimum atomic E-state index is -0.614. The molecule has 0 unspecified atom stereocenters. The molecule has 0 bridgehead atoms. The van der Waals surface area contributed by atoms with Gasteiger partial charge in [-0.15, -0.1) is 0 Å². The average molecular weight is 222 g/mol. The maximum absolute atomic E-state index is 13.1. The van der Waals surface area contributed by atoms with Gasteiger partial charge in [-0.25, -0.2) is 4.39 Å². The molecule has 0 atom stereocenters. The first kappa shape index (κ1) is 12.1. The molecule has 0 fully saturated rings. The van der Waals surface area contributed by atoms with Crippen molar-refractivity contribution in [3.63, 3.8) is 0 Å². The Labute approximate surface area is 92.9 Å². The van der Waals surface area contributed by atoms with Crippen molar-refractivity contribution in [2.75, 3.05) is 6.61 Å². The third-order valence-electron chi connectivity index (χ3n) is 1.74. The third-order valence-corrected chi connectivity index (χ3v) is 1.74. The summed E-state index contributed by atoms with van der Waals surface area (Å²) in [6.45, 7) is 1.97. The number of benzene rings is 1. The van der Waals surface area contributed by atoms with E-state index in [0.717, 1.165) is 0 Å². The van der Waals surface area contributed by atoms with Crippen molar-refractivity contribution in [2.45, 2.75) is 13.3 Å². The summed E-state index contributed by atoms with van der Waals surface area (Å²) in [5, 5.41) is 9.30. The van der Waals surface area contributed by atoms with Gasteiger partial charge in [-0.3, -0.25) is 4.79 Å². The molecule has 0 aliphatic heterocycles. The molecule has 0 saturated heterocycles. The van der Waals surface area contributed by atoms with Crippen molar-refractivity contribution in [2.24, 2.45) is 0 Å². The molecule has 0 spiro atoms. The molecule has 1 N–H and O–H groups in total. The van der Waals surface area contributed by atoms with E-state index in [1.54, 1.807) is 6.92 Å². The second kappa shape index (κ2) is 5.76. The SMILES string of the molecule is CCOC(=O)CC#Cc1c(O)cccc1F. The fourth-order valence-electron chi connectivity index (χ4n) is 1.05. The van der Waals surface area contributed by atoms with Crippen molar-refractivity contribution >= 4 is 5.97 Å². The number of rotatable bonds is 2. The molecule has 0 aliphatic carbocycles. The summed E-state index contributed by atoms with van der Waals surface area (Å²) < 4.78 is 17.8. The van der Waals surface area contributed by atoms with Gasteiger partial charge in [0.2, 0.25) is 0 Å². The number of phenolic OH excluding ortho intramolecular Hbond substituents is 1. The molecule has 1 rings (SSSR count). The van der Waals surface area contributed by atoms with Crippen molar-refractivity contribution in [1.29, 1.82) is 0 Å². The topological polar surface area (TPSA) is 46.5 Å². The number of esters is 1. The average Bonchev–Trinajstić information content (AvgIpc) is 2.23. The number of aromatic hydroxyl groups is 1. The van der Waals surface area contributed by atoms with Crippen LogP contribution in [0.1, 0.15) is 18.9 Å². The smallest absolute Gasteiger partial charge is 0.317 e. The zero-order valence-corrected chi connectivity index (χ0v) is 8.79. The highest BCUT2D eigenvalue weighted by atomic mass is 19.1. The van der Waals surface area contributed by atoms with E-state index < -0.39 is 11.8 Å². The van der Waals surface area contributed by atoms with Gasteiger partial charge < -0.3 is 9.84 Å². The molecule has 0 aromatic heterocycles. The first-order valence-electron chi connectivity index (χ1n) is 4.77. The Morgan fingerprint density at radius 3 is 2.94 bits per heavy atom. The van der Waals surface area contributed by atoms with Crippen molar-refractivity contribution in [3.8, 4) is 17.6 Å². The van der Waals surface area contributed by atoms with Crippen LogP contribution in [-0.2, 0) is 9.53 Å². The van der Waals surface area contributed by atoms with Gasteiger partial charge >= 0.3 is 5.97 Å². The Balaban J connectivity index is 2.74. The molecule has 0 amide bonds. The summed E-state index contributed by atoms with van der Waals surface area (Å²) in [5.74, 6) is 3.52. The second-order valence-corrected chi connectivity index (χ2v) is 2.92. The van der Waals surface area contributed by atoms with E-state index in [0.29, 0.717) is 0 Å². The van der Waals surface area contributed by atoms with Gasteiger partial charge in [0.1, 0.15) is 23.6 Å². The predicted molar refractivity (Wildman–Crippen MR) is 56.2 cm³/mol. The number of halogens is 1. The highest BCUT2D eigenvalue weighted by molar-refractivity contribution is 5.72. The van der Waals surface area contributed by atoms with Gasteiger partial charge in [0.25, 0.3) is 0 Å². The zero-order chi connectivity index (χ0) is 12.0. The fourth-order valence-corrected chi connectivity index (χ4v) is 1.05. The highest BCUT2D eigenvalue weighted by Crippen LogP contribution is 2.17. The van der Waals surface area contributed by atoms with Gasteiger partial charge in [0, 0.05) is 0 Å². The minimum Gasteiger partial charge on any atom is -0.507 e. The van der Waals surface area contributed by atoms with Crippen LogP contribution in [0.2, 0.25) is 0 Å². The Bertz CT molecular complexity index is 423. The summed E-state index contributed by atoms with van der Waals surface area (Å²) in [6, 6.07) is 3.90. The lowest BCUT2D eigenvalue weighted by molar-refractivity contribution is -0.141. The number of hydrogen-bond acceptors (Lipinski definition) is 3. The molecule has 1 aromatic rings. The van der Waals surface area contributed by atoms with E-state index in [4.69, 9.17) is 0 Å². The largest absolute Gasteiger partial charge is 0.507 e. The summed E-state index contributed by atoms with van der Waals surface area (Å²) in [4.78, 5) is 10.9. The maximum Gasteiger partial charge on any atom is 0.317 e. The Hall–Kier alpha value is -2.02. The van der Waals surface area contributed by atoms with E-state index in [1.165, 1.54) is 18.2 Å². The van der Waals surface area contributed by atoms with Crippen LogP contribution in [0.25, 0.3) is 0 Å². The van der Waals surface area contributed by atoms with Crippen LogP contribution >= 0.6 is 0 Å². The highest BCUT2D eigenvalue weighted by Gasteiger charge is 2.03. The molecule has 0 saturated carbocycles. The van der Waals surface area contributed by atoms with Crippen LogP contribution in [0, 0.1) is 17.7 Å². The lowest BCUT2D eigenvalue weighted by atomic mass is 10.2. The predicted octanol–water partition coefficient (Wildman–Crippen LogP) is 1.84. The zero-order valence-electron chi connectivity index (χ0n) is 8.79. The van der Waals surface area contributed by atoms with Crippen LogP contribution in [-0.4, -0.2) is 17.7 Å². The van der Waals surface area contributed by atoms with Crippen molar-refractivity contribution in [1.82, 2.24) is 0 Å². The van der Waals surface area contributed by atoms with Gasteiger partial charge in [0.05, 0.1) is 6.61 Å². The number of ether oxygens (including phenoxy) is 1. The quantitative estimate of drug-likeness (QED) is 0.613. The van der Waals surface area contributed by atoms with Gasteiger partial charge in [-0.05, 0) is 19.1 Å². The van der Waals surface area contributed by atoms with E-state index >= 15 is 0 Å². The molecule has 3 nitrogen and oxygen atoms in total. The third kappa shape index (κ3) is 3.28. The molecule has 0 radical (unpaired) electrons. The van der Waals surface area contributed by atoms with Crippen LogP contribution in [0.5, 0.6) is 5.75 Å². The van der Waals surface area contributed by atoms with E-state index in [-0.39, 0.29) is 24.3 Å². The van der Waals surface area contributed by atoms with Crippen molar-refractivity contribution in [3.05, 3.63) is 29.6 Å². The lowest BCUT2D eigenvalue weighted by Gasteiger charge is -1.97. The lowest BCUT2D eigenvalue weighted by Crippen LogP contribution is -2.01. The van der Waals surface area contributed by atoms with Crippen LogP contribution in [0.3, 0.4) is 0 Å². The summed E-state index contributed by atoms with van der Waals surface area (Å²) in [7, 11) is 0. The standard InChI is InChI=1S/C12H11FO3/c1-2-16-12(15)8-3-5-9-10(13)6-4-7-11(9)14/h4,6-7,14H,2,8H2,1H3. The van der Waals surface area contributed by atoms with Gasteiger partial charge in [-0.1, -0.05) is 17.9 Å². The van der Waals surface area contributed by atoms with Crippen LogP contribution < -0.4 is 0 Å². The fraction of sp³-hybridized carbons (Fsp3) is 0.250. The molecule has 84 valence electrons. The monoisotopic (exact) mass is 222 g/mol. The van der Waals surface area contributed by atoms with Crippen LogP contribution in [0.15, 0.2) is 18.2 Å².